The van der Waals surface area contributed by atoms with Crippen molar-refractivity contribution >= 4 is 34.0 Å². The van der Waals surface area contributed by atoms with E-state index in [1.165, 1.54) is 23.3 Å². The van der Waals surface area contributed by atoms with Gasteiger partial charge in [0, 0.05) is 13.1 Å². The molecule has 2 N–H and O–H groups in total. The topological polar surface area (TPSA) is 87.5 Å². The molecular formula is C30H25F3N8. The van der Waals surface area contributed by atoms with Crippen molar-refractivity contribution in [1.82, 2.24) is 29.5 Å². The van der Waals surface area contributed by atoms with Crippen LogP contribution in [0.25, 0.3) is 22.2 Å². The van der Waals surface area contributed by atoms with E-state index in [0.717, 1.165) is 42.0 Å². The number of imidazole rings is 2. The third kappa shape index (κ3) is 4.94. The second kappa shape index (κ2) is 9.92. The van der Waals surface area contributed by atoms with Crippen molar-refractivity contribution in [2.24, 2.45) is 0 Å². The van der Waals surface area contributed by atoms with Gasteiger partial charge in [0.25, 0.3) is 0 Å². The Bertz CT molecular complexity index is 1820. The molecule has 3 aromatic heterocycles. The van der Waals surface area contributed by atoms with Crippen molar-refractivity contribution in [3.05, 3.63) is 107 Å². The summed E-state index contributed by atoms with van der Waals surface area (Å²) < 4.78 is 41.0. The predicted molar refractivity (Wildman–Crippen MR) is 150 cm³/mol. The Balaban J connectivity index is 1.23. The molecule has 41 heavy (non-hydrogen) atoms. The molecule has 0 bridgehead atoms. The number of benzene rings is 3. The molecule has 1 aliphatic heterocycles. The molecule has 1 aliphatic rings. The van der Waals surface area contributed by atoms with Gasteiger partial charge in [0.1, 0.15) is 5.82 Å². The number of aromatic amines is 1. The summed E-state index contributed by atoms with van der Waals surface area (Å²) in [6.45, 7) is 2.15. The number of H-pyrrole nitrogens is 1. The van der Waals surface area contributed by atoms with Crippen LogP contribution in [0.4, 0.5) is 24.9 Å². The van der Waals surface area contributed by atoms with Crippen molar-refractivity contribution in [1.29, 1.82) is 0 Å². The Morgan fingerprint density at radius 1 is 0.878 bits per heavy atom. The molecule has 6 aromatic rings. The summed E-state index contributed by atoms with van der Waals surface area (Å²) in [6, 6.07) is 21.4. The van der Waals surface area contributed by atoms with Crippen LogP contribution in [-0.2, 0) is 32.2 Å². The molecule has 0 fully saturated rings. The van der Waals surface area contributed by atoms with Crippen LogP contribution in [0.15, 0.2) is 79.1 Å². The molecular weight excluding hydrogens is 529 g/mol. The van der Waals surface area contributed by atoms with Crippen LogP contribution in [0, 0.1) is 0 Å². The molecule has 206 valence electrons. The van der Waals surface area contributed by atoms with Gasteiger partial charge in [-0.25, -0.2) is 9.97 Å². The van der Waals surface area contributed by atoms with E-state index in [4.69, 9.17) is 9.97 Å². The molecule has 8 nitrogen and oxygen atoms in total. The molecule has 0 spiro atoms. The molecule has 0 saturated carbocycles. The second-order valence-corrected chi connectivity index (χ2v) is 10.1. The number of hydrogen-bond acceptors (Lipinski definition) is 6. The lowest BCUT2D eigenvalue weighted by atomic mass is 10.0. The van der Waals surface area contributed by atoms with E-state index in [9.17, 15) is 13.2 Å². The first kappa shape index (κ1) is 25.1. The van der Waals surface area contributed by atoms with Crippen LogP contribution in [0.5, 0.6) is 0 Å². The van der Waals surface area contributed by atoms with E-state index in [0.29, 0.717) is 48.1 Å². The Labute approximate surface area is 232 Å². The summed E-state index contributed by atoms with van der Waals surface area (Å²) in [5.41, 5.74) is 5.59. The second-order valence-electron chi connectivity index (χ2n) is 10.1. The summed E-state index contributed by atoms with van der Waals surface area (Å²) in [4.78, 5) is 24.5. The molecule has 0 radical (unpaired) electrons. The lowest BCUT2D eigenvalue weighted by Crippen LogP contribution is -2.32. The third-order valence-corrected chi connectivity index (χ3v) is 7.36. The lowest BCUT2D eigenvalue weighted by Gasteiger charge is -2.29. The molecule has 0 atom stereocenters. The van der Waals surface area contributed by atoms with Gasteiger partial charge in [-0.15, -0.1) is 0 Å². The summed E-state index contributed by atoms with van der Waals surface area (Å²) in [5, 5.41) is 3.39. The molecule has 3 aromatic carbocycles. The largest absolute Gasteiger partial charge is 0.416 e. The van der Waals surface area contributed by atoms with E-state index in [1.54, 1.807) is 6.33 Å². The van der Waals surface area contributed by atoms with Gasteiger partial charge in [0.15, 0.2) is 17.0 Å². The van der Waals surface area contributed by atoms with Gasteiger partial charge in [0.05, 0.1) is 36.0 Å². The number of aromatic nitrogens is 6. The van der Waals surface area contributed by atoms with E-state index in [2.05, 4.69) is 43.4 Å². The lowest BCUT2D eigenvalue weighted by molar-refractivity contribution is -0.137. The Morgan fingerprint density at radius 2 is 1.66 bits per heavy atom. The Morgan fingerprint density at radius 3 is 2.46 bits per heavy atom. The number of rotatable bonds is 6. The van der Waals surface area contributed by atoms with Gasteiger partial charge in [-0.1, -0.05) is 48.5 Å². The van der Waals surface area contributed by atoms with E-state index >= 15 is 0 Å². The monoisotopic (exact) mass is 554 g/mol. The van der Waals surface area contributed by atoms with Crippen molar-refractivity contribution in [3.8, 4) is 0 Å². The summed E-state index contributed by atoms with van der Waals surface area (Å²) >= 11 is 0. The molecule has 0 amide bonds. The average molecular weight is 555 g/mol. The summed E-state index contributed by atoms with van der Waals surface area (Å²) in [7, 11) is 0. The van der Waals surface area contributed by atoms with Gasteiger partial charge in [-0.2, -0.15) is 23.1 Å². The average Bonchev–Trinajstić information content (AvgIpc) is 3.59. The zero-order valence-corrected chi connectivity index (χ0v) is 21.9. The summed E-state index contributed by atoms with van der Waals surface area (Å²) in [6.07, 6.45) is -1.85. The van der Waals surface area contributed by atoms with Crippen LogP contribution >= 0.6 is 0 Å². The minimum absolute atomic E-state index is 0.316. The first-order valence-electron chi connectivity index (χ1n) is 13.3. The molecule has 11 heteroatoms. The smallest absolute Gasteiger partial charge is 0.361 e. The van der Waals surface area contributed by atoms with E-state index in [-0.39, 0.29) is 0 Å². The first-order valence-corrected chi connectivity index (χ1v) is 13.3. The van der Waals surface area contributed by atoms with Gasteiger partial charge in [-0.3, -0.25) is 0 Å². The fourth-order valence-corrected chi connectivity index (χ4v) is 5.23. The molecule has 0 unspecified atom stereocenters. The number of fused-ring (bicyclic) bond motifs is 3. The maximum Gasteiger partial charge on any atom is 0.416 e. The van der Waals surface area contributed by atoms with Crippen LogP contribution in [0.2, 0.25) is 0 Å². The summed E-state index contributed by atoms with van der Waals surface area (Å²) in [5.74, 6) is 1.89. The number of alkyl halides is 3. The highest BCUT2D eigenvalue weighted by atomic mass is 19.4. The number of halogens is 3. The molecule has 0 saturated heterocycles. The van der Waals surface area contributed by atoms with Crippen LogP contribution in [0.3, 0.4) is 0 Å². The highest BCUT2D eigenvalue weighted by Crippen LogP contribution is 2.30. The molecule has 4 heterocycles. The van der Waals surface area contributed by atoms with Gasteiger partial charge < -0.3 is 19.8 Å². The molecule has 0 aliphatic carbocycles. The quantitative estimate of drug-likeness (QED) is 0.265. The zero-order chi connectivity index (χ0) is 28.0. The van der Waals surface area contributed by atoms with E-state index in [1.807, 2.05) is 34.9 Å². The van der Waals surface area contributed by atoms with Crippen LogP contribution in [-0.4, -0.2) is 36.0 Å². The number of hydrogen-bond donors (Lipinski definition) is 2. The number of para-hydroxylation sites is 2. The zero-order valence-electron chi connectivity index (χ0n) is 21.9. The molecule has 7 rings (SSSR count). The van der Waals surface area contributed by atoms with Gasteiger partial charge >= 0.3 is 6.18 Å². The Kier molecular flexibility index (Phi) is 6.06. The maximum absolute atomic E-state index is 13.1. The highest BCUT2D eigenvalue weighted by Gasteiger charge is 2.30. The maximum atomic E-state index is 13.1. The van der Waals surface area contributed by atoms with Crippen molar-refractivity contribution in [2.75, 3.05) is 16.8 Å². The first-order chi connectivity index (χ1) is 19.9. The minimum Gasteiger partial charge on any atom is -0.361 e. The van der Waals surface area contributed by atoms with Crippen molar-refractivity contribution in [2.45, 2.75) is 32.2 Å². The van der Waals surface area contributed by atoms with Crippen molar-refractivity contribution in [3.63, 3.8) is 0 Å². The SMILES string of the molecule is FC(F)(F)c1ccc(Cn2cnc3c(NCc4nc5ccccc5[nH]4)nc(N4CCc5ccccc5C4)nc32)cc1. The van der Waals surface area contributed by atoms with Gasteiger partial charge in [0.2, 0.25) is 5.95 Å². The fourth-order valence-electron chi connectivity index (χ4n) is 5.23. The van der Waals surface area contributed by atoms with E-state index < -0.39 is 11.7 Å². The third-order valence-electron chi connectivity index (χ3n) is 7.36. The van der Waals surface area contributed by atoms with Crippen molar-refractivity contribution < 1.29 is 13.2 Å². The Hall–Kier alpha value is -4.93. The highest BCUT2D eigenvalue weighted by molar-refractivity contribution is 5.84. The predicted octanol–water partition coefficient (Wildman–Crippen LogP) is 5.94. The van der Waals surface area contributed by atoms with Crippen LogP contribution in [0.1, 0.15) is 28.1 Å². The van der Waals surface area contributed by atoms with Crippen LogP contribution < -0.4 is 10.2 Å². The standard InChI is InChI=1S/C30H25F3N8/c31-30(32,33)22-11-9-19(10-12-22)16-41-18-35-26-27(34-15-25-36-23-7-3-4-8-24(23)37-25)38-29(39-28(26)41)40-14-13-20-5-1-2-6-21(20)17-40/h1-12,18H,13-17H2,(H,36,37)(H,34,38,39). The number of nitrogens with zero attached hydrogens (tertiary/aromatic N) is 6. The number of nitrogens with one attached hydrogen (secondary N) is 2. The van der Waals surface area contributed by atoms with Gasteiger partial charge in [-0.05, 0) is 47.4 Å². The normalized spacial score (nSPS) is 13.6. The number of anilines is 2. The minimum atomic E-state index is -4.38. The fraction of sp³-hybridized carbons (Fsp3) is 0.200.